The summed E-state index contributed by atoms with van der Waals surface area (Å²) in [7, 11) is 0. The quantitative estimate of drug-likeness (QED) is 0.841. The lowest BCUT2D eigenvalue weighted by atomic mass is 10.1. The Labute approximate surface area is 113 Å². The minimum atomic E-state index is -4.47. The van der Waals surface area contributed by atoms with Crippen molar-refractivity contribution in [2.75, 3.05) is 5.32 Å². The summed E-state index contributed by atoms with van der Waals surface area (Å²) in [6, 6.07) is 2.92. The predicted molar refractivity (Wildman–Crippen MR) is 68.7 cm³/mol. The SMILES string of the molecule is NC(=S)c1cc(C(F)(F)F)ccc1NC(=O)C1CC1. The zero-order valence-electron chi connectivity index (χ0n) is 9.75. The highest BCUT2D eigenvalue weighted by atomic mass is 32.1. The van der Waals surface area contributed by atoms with Crippen molar-refractivity contribution in [3.63, 3.8) is 0 Å². The number of carbonyl (C=O) groups is 1. The van der Waals surface area contributed by atoms with E-state index in [0.29, 0.717) is 0 Å². The maximum Gasteiger partial charge on any atom is 0.416 e. The fraction of sp³-hybridized carbons (Fsp3) is 0.333. The Morgan fingerprint density at radius 3 is 2.47 bits per heavy atom. The molecule has 1 saturated carbocycles. The molecule has 0 bridgehead atoms. The van der Waals surface area contributed by atoms with Crippen LogP contribution in [0, 0.1) is 5.92 Å². The first-order valence-electron chi connectivity index (χ1n) is 5.61. The van der Waals surface area contributed by atoms with Crippen LogP contribution in [0.5, 0.6) is 0 Å². The Bertz CT molecular complexity index is 538. The molecule has 1 aromatic rings. The van der Waals surface area contributed by atoms with Crippen molar-refractivity contribution in [3.05, 3.63) is 29.3 Å². The first kappa shape index (κ1) is 13.8. The molecular weight excluding hydrogens is 277 g/mol. The van der Waals surface area contributed by atoms with E-state index in [1.165, 1.54) is 6.07 Å². The van der Waals surface area contributed by atoms with Crippen LogP contribution in [0.3, 0.4) is 0 Å². The van der Waals surface area contributed by atoms with Crippen LogP contribution < -0.4 is 11.1 Å². The van der Waals surface area contributed by atoms with Crippen LogP contribution in [-0.2, 0) is 11.0 Å². The standard InChI is InChI=1S/C12H11F3N2OS/c13-12(14,15)7-3-4-9(8(5-7)10(16)19)17-11(18)6-1-2-6/h3-6H,1-2H2,(H2,16,19)(H,17,18). The third kappa shape index (κ3) is 3.23. The van der Waals surface area contributed by atoms with Crippen LogP contribution in [0.25, 0.3) is 0 Å². The summed E-state index contributed by atoms with van der Waals surface area (Å²) in [5.74, 6) is -0.265. The molecule has 102 valence electrons. The molecule has 0 unspecified atom stereocenters. The Balaban J connectivity index is 2.32. The van der Waals surface area contributed by atoms with Crippen LogP contribution in [0.4, 0.5) is 18.9 Å². The van der Waals surface area contributed by atoms with Gasteiger partial charge in [-0.05, 0) is 31.0 Å². The number of halogens is 3. The molecule has 7 heteroatoms. The predicted octanol–water partition coefficient (Wildman–Crippen LogP) is 2.69. The average Bonchev–Trinajstić information content (AvgIpc) is 3.11. The number of hydrogen-bond donors (Lipinski definition) is 2. The van der Waals surface area contributed by atoms with Crippen molar-refractivity contribution in [1.82, 2.24) is 0 Å². The highest BCUT2D eigenvalue weighted by Crippen LogP contribution is 2.33. The van der Waals surface area contributed by atoms with E-state index in [0.717, 1.165) is 25.0 Å². The Morgan fingerprint density at radius 1 is 1.37 bits per heavy atom. The molecule has 3 N–H and O–H groups in total. The molecule has 19 heavy (non-hydrogen) atoms. The van der Waals surface area contributed by atoms with E-state index in [9.17, 15) is 18.0 Å². The lowest BCUT2D eigenvalue weighted by molar-refractivity contribution is -0.137. The molecular formula is C12H11F3N2OS. The van der Waals surface area contributed by atoms with Gasteiger partial charge in [0.25, 0.3) is 0 Å². The number of thiocarbonyl (C=S) groups is 1. The zero-order chi connectivity index (χ0) is 14.2. The van der Waals surface area contributed by atoms with Gasteiger partial charge in [0, 0.05) is 11.5 Å². The van der Waals surface area contributed by atoms with Gasteiger partial charge in [0.05, 0.1) is 11.3 Å². The maximum absolute atomic E-state index is 12.6. The maximum atomic E-state index is 12.6. The minimum Gasteiger partial charge on any atom is -0.389 e. The molecule has 0 atom stereocenters. The van der Waals surface area contributed by atoms with Gasteiger partial charge in [-0.1, -0.05) is 12.2 Å². The second-order valence-corrected chi connectivity index (χ2v) is 4.83. The fourth-order valence-corrected chi connectivity index (χ4v) is 1.78. The molecule has 2 rings (SSSR count). The Kier molecular flexibility index (Phi) is 3.49. The number of alkyl halides is 3. The van der Waals surface area contributed by atoms with Crippen molar-refractivity contribution in [3.8, 4) is 0 Å². The summed E-state index contributed by atoms with van der Waals surface area (Å²) in [5.41, 5.74) is 4.81. The highest BCUT2D eigenvalue weighted by Gasteiger charge is 2.33. The van der Waals surface area contributed by atoms with E-state index < -0.39 is 11.7 Å². The molecule has 1 aliphatic carbocycles. The second-order valence-electron chi connectivity index (χ2n) is 4.39. The number of carbonyl (C=O) groups excluding carboxylic acids is 1. The number of hydrogen-bond acceptors (Lipinski definition) is 2. The Morgan fingerprint density at radius 2 is 2.00 bits per heavy atom. The summed E-state index contributed by atoms with van der Waals surface area (Å²) in [4.78, 5) is 11.4. The van der Waals surface area contributed by atoms with E-state index in [1.54, 1.807) is 0 Å². The van der Waals surface area contributed by atoms with E-state index in [2.05, 4.69) is 5.32 Å². The molecule has 1 fully saturated rings. The summed E-state index contributed by atoms with van der Waals surface area (Å²) >= 11 is 4.73. The molecule has 0 radical (unpaired) electrons. The van der Waals surface area contributed by atoms with Crippen LogP contribution >= 0.6 is 12.2 Å². The van der Waals surface area contributed by atoms with Crippen LogP contribution in [-0.4, -0.2) is 10.9 Å². The van der Waals surface area contributed by atoms with E-state index >= 15 is 0 Å². The molecule has 0 spiro atoms. The van der Waals surface area contributed by atoms with Gasteiger partial charge in [-0.3, -0.25) is 4.79 Å². The van der Waals surface area contributed by atoms with Gasteiger partial charge in [-0.2, -0.15) is 13.2 Å². The minimum absolute atomic E-state index is 0.0267. The average molecular weight is 288 g/mol. The molecule has 1 aliphatic rings. The fourth-order valence-electron chi connectivity index (χ4n) is 1.61. The number of nitrogens with two attached hydrogens (primary N) is 1. The summed E-state index contributed by atoms with van der Waals surface area (Å²) in [6.07, 6.45) is -2.87. The van der Waals surface area contributed by atoms with Gasteiger partial charge in [0.2, 0.25) is 5.91 Å². The van der Waals surface area contributed by atoms with Gasteiger partial charge >= 0.3 is 6.18 Å². The van der Waals surface area contributed by atoms with Crippen molar-refractivity contribution in [2.24, 2.45) is 11.7 Å². The lowest BCUT2D eigenvalue weighted by Crippen LogP contribution is -2.19. The largest absolute Gasteiger partial charge is 0.416 e. The highest BCUT2D eigenvalue weighted by molar-refractivity contribution is 7.80. The number of rotatable bonds is 3. The van der Waals surface area contributed by atoms with Crippen LogP contribution in [0.2, 0.25) is 0 Å². The molecule has 1 amide bonds. The summed E-state index contributed by atoms with van der Waals surface area (Å²) in [5, 5.41) is 2.56. The number of anilines is 1. The van der Waals surface area contributed by atoms with Gasteiger partial charge in [0.1, 0.15) is 4.99 Å². The van der Waals surface area contributed by atoms with Crippen molar-refractivity contribution < 1.29 is 18.0 Å². The molecule has 3 nitrogen and oxygen atoms in total. The molecule has 0 heterocycles. The smallest absolute Gasteiger partial charge is 0.389 e. The third-order valence-corrected chi connectivity index (χ3v) is 3.04. The summed E-state index contributed by atoms with van der Waals surface area (Å²) in [6.45, 7) is 0. The van der Waals surface area contributed by atoms with E-state index in [1.807, 2.05) is 0 Å². The monoisotopic (exact) mass is 288 g/mol. The first-order valence-corrected chi connectivity index (χ1v) is 6.02. The number of nitrogens with one attached hydrogen (secondary N) is 1. The lowest BCUT2D eigenvalue weighted by Gasteiger charge is -2.13. The first-order chi connectivity index (χ1) is 8.79. The molecule has 0 aromatic heterocycles. The van der Waals surface area contributed by atoms with Gasteiger partial charge in [-0.25, -0.2) is 0 Å². The Hall–Kier alpha value is -1.63. The van der Waals surface area contributed by atoms with Crippen molar-refractivity contribution in [1.29, 1.82) is 0 Å². The molecule has 1 aromatic carbocycles. The van der Waals surface area contributed by atoms with Gasteiger partial charge in [-0.15, -0.1) is 0 Å². The third-order valence-electron chi connectivity index (χ3n) is 2.82. The van der Waals surface area contributed by atoms with Crippen molar-refractivity contribution in [2.45, 2.75) is 19.0 Å². The van der Waals surface area contributed by atoms with Gasteiger partial charge in [0.15, 0.2) is 0 Å². The second kappa shape index (κ2) is 4.80. The summed E-state index contributed by atoms with van der Waals surface area (Å²) < 4.78 is 37.8. The van der Waals surface area contributed by atoms with E-state index in [-0.39, 0.29) is 28.1 Å². The van der Waals surface area contributed by atoms with Crippen LogP contribution in [0.1, 0.15) is 24.0 Å². The molecule has 0 aliphatic heterocycles. The molecule has 0 saturated heterocycles. The zero-order valence-corrected chi connectivity index (χ0v) is 10.6. The van der Waals surface area contributed by atoms with E-state index in [4.69, 9.17) is 18.0 Å². The number of benzene rings is 1. The van der Waals surface area contributed by atoms with Crippen LogP contribution in [0.15, 0.2) is 18.2 Å². The number of amides is 1. The van der Waals surface area contributed by atoms with Gasteiger partial charge < -0.3 is 11.1 Å². The normalized spacial score (nSPS) is 15.1. The topological polar surface area (TPSA) is 55.1 Å². The van der Waals surface area contributed by atoms with Crippen molar-refractivity contribution >= 4 is 28.8 Å².